The van der Waals surface area contributed by atoms with E-state index in [9.17, 15) is 13.2 Å². The van der Waals surface area contributed by atoms with Crippen molar-refractivity contribution in [2.75, 3.05) is 5.75 Å². The first-order valence-corrected chi connectivity index (χ1v) is 8.94. The number of hydrogen-bond donors (Lipinski definition) is 0. The molecule has 0 aliphatic rings. The molecule has 1 atom stereocenters. The SMILES string of the molecule is CCS(=O)(=O)[C@](Br)(I)C(=O)c1ccc(Br)cc1. The summed E-state index contributed by atoms with van der Waals surface area (Å²) < 4.78 is 22.9. The van der Waals surface area contributed by atoms with Crippen molar-refractivity contribution in [3.63, 3.8) is 0 Å². The molecule has 0 unspecified atom stereocenters. The molecule has 0 bridgehead atoms. The van der Waals surface area contributed by atoms with E-state index in [1.165, 1.54) is 6.92 Å². The lowest BCUT2D eigenvalue weighted by Gasteiger charge is -2.18. The fraction of sp³-hybridized carbons (Fsp3) is 0.300. The zero-order valence-electron chi connectivity index (χ0n) is 8.78. The Hall–Kier alpha value is 0.530. The van der Waals surface area contributed by atoms with Gasteiger partial charge in [-0.25, -0.2) is 8.42 Å². The quantitative estimate of drug-likeness (QED) is 0.365. The topological polar surface area (TPSA) is 51.2 Å². The molecule has 0 N–H and O–H groups in total. The molecule has 7 heteroatoms. The fourth-order valence-electron chi connectivity index (χ4n) is 1.09. The maximum absolute atomic E-state index is 12.1. The summed E-state index contributed by atoms with van der Waals surface area (Å²) in [4.78, 5) is 12.1. The standard InChI is InChI=1S/C10H9Br2IO3S/c1-2-17(15,16)10(12,13)9(14)7-3-5-8(11)6-4-7/h3-6H,2H2,1H3/t10-/m1/s1. The summed E-state index contributed by atoms with van der Waals surface area (Å²) in [5, 5.41) is 0. The van der Waals surface area contributed by atoms with E-state index in [4.69, 9.17) is 0 Å². The monoisotopic (exact) mass is 494 g/mol. The number of carbonyl (C=O) groups excluding carboxylic acids is 1. The highest BCUT2D eigenvalue weighted by atomic mass is 127. The number of ketones is 1. The van der Waals surface area contributed by atoms with Crippen LogP contribution in [0.1, 0.15) is 17.3 Å². The van der Waals surface area contributed by atoms with Crippen molar-refractivity contribution >= 4 is 70.1 Å². The van der Waals surface area contributed by atoms with E-state index < -0.39 is 17.3 Å². The number of halogens is 3. The number of rotatable bonds is 4. The Morgan fingerprint density at radius 1 is 1.35 bits per heavy atom. The van der Waals surface area contributed by atoms with Crippen molar-refractivity contribution in [2.24, 2.45) is 0 Å². The highest BCUT2D eigenvalue weighted by molar-refractivity contribution is 14.1. The molecule has 94 valence electrons. The van der Waals surface area contributed by atoms with Crippen LogP contribution in [0.4, 0.5) is 0 Å². The van der Waals surface area contributed by atoms with E-state index in [-0.39, 0.29) is 5.75 Å². The van der Waals surface area contributed by atoms with Gasteiger partial charge in [0.05, 0.1) is 5.75 Å². The van der Waals surface area contributed by atoms with Gasteiger partial charge in [0.2, 0.25) is 7.45 Å². The van der Waals surface area contributed by atoms with E-state index in [0.29, 0.717) is 5.56 Å². The van der Waals surface area contributed by atoms with Crippen LogP contribution in [0.15, 0.2) is 28.7 Å². The summed E-state index contributed by atoms with van der Waals surface area (Å²) in [6.45, 7) is 1.51. The van der Waals surface area contributed by atoms with Gasteiger partial charge in [0.1, 0.15) is 0 Å². The normalized spacial score (nSPS) is 15.3. The lowest BCUT2D eigenvalue weighted by atomic mass is 10.1. The Morgan fingerprint density at radius 3 is 2.24 bits per heavy atom. The van der Waals surface area contributed by atoms with Crippen LogP contribution >= 0.6 is 54.5 Å². The number of alkyl halides is 2. The first-order chi connectivity index (χ1) is 7.72. The van der Waals surface area contributed by atoms with Crippen LogP contribution in [0.3, 0.4) is 0 Å². The molecule has 0 aliphatic carbocycles. The number of Topliss-reactive ketones (excluding diaryl/α,β-unsaturated/α-hetero) is 1. The molecule has 0 amide bonds. The fourth-order valence-corrected chi connectivity index (χ4v) is 4.28. The maximum Gasteiger partial charge on any atom is 0.239 e. The van der Waals surface area contributed by atoms with Crippen molar-refractivity contribution in [1.82, 2.24) is 0 Å². The number of hydrogen-bond acceptors (Lipinski definition) is 3. The van der Waals surface area contributed by atoms with Gasteiger partial charge in [-0.1, -0.05) is 35.0 Å². The van der Waals surface area contributed by atoms with E-state index >= 15 is 0 Å². The Morgan fingerprint density at radius 2 is 1.82 bits per heavy atom. The molecule has 1 aromatic carbocycles. The summed E-state index contributed by atoms with van der Waals surface area (Å²) >= 11 is 7.90. The lowest BCUT2D eigenvalue weighted by molar-refractivity contribution is 0.101. The Bertz CT molecular complexity index is 523. The van der Waals surface area contributed by atoms with Gasteiger partial charge in [0, 0.05) is 10.0 Å². The average molecular weight is 496 g/mol. The first-order valence-electron chi connectivity index (χ1n) is 4.63. The predicted molar refractivity (Wildman–Crippen MR) is 83.6 cm³/mol. The van der Waals surface area contributed by atoms with Gasteiger partial charge in [-0.3, -0.25) is 4.79 Å². The van der Waals surface area contributed by atoms with Crippen LogP contribution < -0.4 is 0 Å². The number of sulfone groups is 1. The van der Waals surface area contributed by atoms with E-state index in [1.54, 1.807) is 46.9 Å². The molecule has 3 nitrogen and oxygen atoms in total. The highest BCUT2D eigenvalue weighted by Gasteiger charge is 2.45. The first kappa shape index (κ1) is 15.6. The summed E-state index contributed by atoms with van der Waals surface area (Å²) in [6.07, 6.45) is 0. The van der Waals surface area contributed by atoms with E-state index in [2.05, 4.69) is 31.9 Å². The molecule has 0 aromatic heterocycles. The Balaban J connectivity index is 3.18. The van der Waals surface area contributed by atoms with Gasteiger partial charge in [0.25, 0.3) is 0 Å². The maximum atomic E-state index is 12.1. The average Bonchev–Trinajstić information content (AvgIpc) is 2.28. The molecule has 0 saturated heterocycles. The largest absolute Gasteiger partial charge is 0.290 e. The van der Waals surface area contributed by atoms with E-state index in [1.807, 2.05) is 0 Å². The molecule has 1 aromatic rings. The zero-order chi connectivity index (χ0) is 13.3. The molecule has 0 heterocycles. The molecule has 0 spiro atoms. The molecule has 0 radical (unpaired) electrons. The smallest absolute Gasteiger partial charge is 0.239 e. The predicted octanol–water partition coefficient (Wildman–Crippen LogP) is 3.55. The van der Waals surface area contributed by atoms with Crippen LogP contribution in [-0.2, 0) is 9.84 Å². The third kappa shape index (κ3) is 3.30. The van der Waals surface area contributed by atoms with Crippen molar-refractivity contribution in [2.45, 2.75) is 8.59 Å². The lowest BCUT2D eigenvalue weighted by Crippen LogP contribution is -2.35. The van der Waals surface area contributed by atoms with Crippen molar-refractivity contribution in [3.05, 3.63) is 34.3 Å². The highest BCUT2D eigenvalue weighted by Crippen LogP contribution is 2.37. The van der Waals surface area contributed by atoms with Gasteiger partial charge in [-0.2, -0.15) is 0 Å². The second-order valence-corrected chi connectivity index (χ2v) is 12.1. The second kappa shape index (κ2) is 5.66. The van der Waals surface area contributed by atoms with Gasteiger partial charge >= 0.3 is 0 Å². The molecule has 0 fully saturated rings. The minimum atomic E-state index is -3.51. The molecule has 0 aliphatic heterocycles. The van der Waals surface area contributed by atoms with Crippen LogP contribution in [0, 0.1) is 0 Å². The summed E-state index contributed by atoms with van der Waals surface area (Å²) in [7, 11) is -3.51. The summed E-state index contributed by atoms with van der Waals surface area (Å²) in [6, 6.07) is 6.58. The number of carbonyl (C=O) groups is 1. The summed E-state index contributed by atoms with van der Waals surface area (Å²) in [5.74, 6) is -0.559. The van der Waals surface area contributed by atoms with Crippen molar-refractivity contribution < 1.29 is 13.2 Å². The Kier molecular flexibility index (Phi) is 5.19. The van der Waals surface area contributed by atoms with Gasteiger partial charge < -0.3 is 0 Å². The van der Waals surface area contributed by atoms with Gasteiger partial charge in [-0.15, -0.1) is 0 Å². The minimum Gasteiger partial charge on any atom is -0.290 e. The van der Waals surface area contributed by atoms with Crippen LogP contribution in [0.5, 0.6) is 0 Å². The molecule has 1 rings (SSSR count). The third-order valence-electron chi connectivity index (χ3n) is 2.14. The van der Waals surface area contributed by atoms with Crippen molar-refractivity contribution in [1.29, 1.82) is 0 Å². The Labute approximate surface area is 131 Å². The van der Waals surface area contributed by atoms with Crippen LogP contribution in [0.2, 0.25) is 0 Å². The summed E-state index contributed by atoms with van der Waals surface area (Å²) in [5.41, 5.74) is 0.358. The van der Waals surface area contributed by atoms with Crippen LogP contribution in [0.25, 0.3) is 0 Å². The van der Waals surface area contributed by atoms with Crippen LogP contribution in [-0.4, -0.2) is 21.6 Å². The zero-order valence-corrected chi connectivity index (χ0v) is 14.9. The molecular weight excluding hydrogens is 487 g/mol. The minimum absolute atomic E-state index is 0.0938. The molecule has 0 saturated carbocycles. The second-order valence-electron chi connectivity index (χ2n) is 3.26. The number of benzene rings is 1. The third-order valence-corrected chi connectivity index (χ3v) is 8.74. The van der Waals surface area contributed by atoms with Crippen molar-refractivity contribution in [3.8, 4) is 0 Å². The molecule has 17 heavy (non-hydrogen) atoms. The van der Waals surface area contributed by atoms with Gasteiger partial charge in [-0.05, 0) is 50.7 Å². The molecular formula is C10H9Br2IO3S. The van der Waals surface area contributed by atoms with Gasteiger partial charge in [0.15, 0.2) is 9.84 Å². The van der Waals surface area contributed by atoms with E-state index in [0.717, 1.165) is 4.47 Å².